The molecule has 1 aromatic carbocycles. The lowest BCUT2D eigenvalue weighted by atomic mass is 10.1. The first kappa shape index (κ1) is 19.8. The molecule has 1 N–H and O–H groups in total. The third-order valence-corrected chi connectivity index (χ3v) is 6.03. The minimum atomic E-state index is -3.72. The van der Waals surface area contributed by atoms with Crippen LogP contribution in [0.1, 0.15) is 27.7 Å². The Hall–Kier alpha value is -1.51. The average Bonchev–Trinajstić information content (AvgIpc) is 2.52. The normalized spacial score (nSPS) is 18.8. The Morgan fingerprint density at radius 2 is 1.80 bits per heavy atom. The zero-order valence-corrected chi connectivity index (χ0v) is 15.9. The number of nitrogens with one attached hydrogen (secondary N) is 1. The Morgan fingerprint density at radius 1 is 1.20 bits per heavy atom. The fourth-order valence-electron chi connectivity index (χ4n) is 2.75. The number of rotatable bonds is 4. The molecule has 1 aromatic rings. The zero-order valence-electron chi connectivity index (χ0n) is 15.1. The van der Waals surface area contributed by atoms with Gasteiger partial charge in [-0.1, -0.05) is 6.07 Å². The molecule has 8 heteroatoms. The number of amides is 1. The maximum Gasteiger partial charge on any atom is 0.243 e. The van der Waals surface area contributed by atoms with E-state index in [4.69, 9.17) is 0 Å². The van der Waals surface area contributed by atoms with Gasteiger partial charge in [-0.05, 0) is 45.9 Å². The van der Waals surface area contributed by atoms with Gasteiger partial charge in [0.05, 0.1) is 10.9 Å². The Labute approximate surface area is 149 Å². The van der Waals surface area contributed by atoms with Crippen LogP contribution >= 0.6 is 0 Å². The molecule has 1 aliphatic rings. The van der Waals surface area contributed by atoms with Crippen molar-refractivity contribution < 1.29 is 17.6 Å². The van der Waals surface area contributed by atoms with Crippen molar-refractivity contribution in [3.05, 3.63) is 30.1 Å². The third-order valence-electron chi connectivity index (χ3n) is 4.13. The summed E-state index contributed by atoms with van der Waals surface area (Å²) in [7, 11) is -3.72. The van der Waals surface area contributed by atoms with E-state index in [1.165, 1.54) is 22.5 Å². The molecule has 6 nitrogen and oxygen atoms in total. The minimum absolute atomic E-state index is 0.0422. The first-order valence-corrected chi connectivity index (χ1v) is 9.76. The van der Waals surface area contributed by atoms with Crippen LogP contribution in [0.25, 0.3) is 0 Å². The number of hydrogen-bond acceptors (Lipinski definition) is 4. The van der Waals surface area contributed by atoms with Crippen molar-refractivity contribution in [3.8, 4) is 0 Å². The maximum absolute atomic E-state index is 13.3. The number of nitrogens with zero attached hydrogens (tertiary/aromatic N) is 2. The van der Waals surface area contributed by atoms with Gasteiger partial charge < -0.3 is 5.32 Å². The van der Waals surface area contributed by atoms with Gasteiger partial charge >= 0.3 is 0 Å². The van der Waals surface area contributed by atoms with E-state index >= 15 is 0 Å². The first-order chi connectivity index (χ1) is 11.5. The molecule has 2 rings (SSSR count). The molecule has 0 radical (unpaired) electrons. The van der Waals surface area contributed by atoms with Gasteiger partial charge in [-0.15, -0.1) is 0 Å². The molecule has 0 bridgehead atoms. The van der Waals surface area contributed by atoms with E-state index in [2.05, 4.69) is 5.32 Å². The van der Waals surface area contributed by atoms with Gasteiger partial charge in [0.25, 0.3) is 0 Å². The monoisotopic (exact) mass is 371 g/mol. The van der Waals surface area contributed by atoms with E-state index in [1.807, 2.05) is 32.6 Å². The molecule has 140 valence electrons. The Bertz CT molecular complexity index is 723. The van der Waals surface area contributed by atoms with Crippen molar-refractivity contribution in [2.75, 3.05) is 26.2 Å². The summed E-state index contributed by atoms with van der Waals surface area (Å²) >= 11 is 0. The summed E-state index contributed by atoms with van der Waals surface area (Å²) in [6, 6.07) is 4.69. The van der Waals surface area contributed by atoms with Crippen LogP contribution < -0.4 is 5.32 Å². The molecule has 0 aromatic heterocycles. The fraction of sp³-hybridized carbons (Fsp3) is 0.588. The fourth-order valence-corrected chi connectivity index (χ4v) is 4.20. The van der Waals surface area contributed by atoms with E-state index in [-0.39, 0.29) is 35.5 Å². The lowest BCUT2D eigenvalue weighted by Crippen LogP contribution is -2.56. The van der Waals surface area contributed by atoms with Crippen LogP contribution in [0, 0.1) is 5.82 Å². The Morgan fingerprint density at radius 3 is 2.32 bits per heavy atom. The number of hydrogen-bond donors (Lipinski definition) is 1. The molecule has 25 heavy (non-hydrogen) atoms. The summed E-state index contributed by atoms with van der Waals surface area (Å²) in [4.78, 5) is 14.2. The van der Waals surface area contributed by atoms with E-state index < -0.39 is 15.8 Å². The molecule has 0 aliphatic carbocycles. The van der Waals surface area contributed by atoms with Gasteiger partial charge in [0.2, 0.25) is 15.9 Å². The summed E-state index contributed by atoms with van der Waals surface area (Å²) < 4.78 is 39.9. The maximum atomic E-state index is 13.3. The number of halogens is 1. The van der Waals surface area contributed by atoms with Crippen LogP contribution in [0.3, 0.4) is 0 Å². The van der Waals surface area contributed by atoms with Crippen molar-refractivity contribution in [1.82, 2.24) is 14.5 Å². The standard InChI is InChI=1S/C17H26FN3O3S/c1-13(16(22)19-17(2,3)4)20-8-10-21(11-9-20)25(23,24)15-7-5-6-14(18)12-15/h5-7,12-13H,8-11H2,1-4H3,(H,19,22). The molecule has 0 spiro atoms. The van der Waals surface area contributed by atoms with Crippen molar-refractivity contribution >= 4 is 15.9 Å². The van der Waals surface area contributed by atoms with E-state index in [1.54, 1.807) is 0 Å². The van der Waals surface area contributed by atoms with Gasteiger partial charge in [0, 0.05) is 31.7 Å². The molecule has 1 atom stereocenters. The van der Waals surface area contributed by atoms with Crippen molar-refractivity contribution in [1.29, 1.82) is 0 Å². The Balaban J connectivity index is 2.00. The highest BCUT2D eigenvalue weighted by Gasteiger charge is 2.32. The first-order valence-electron chi connectivity index (χ1n) is 8.32. The summed E-state index contributed by atoms with van der Waals surface area (Å²) in [6.45, 7) is 9.01. The highest BCUT2D eigenvalue weighted by atomic mass is 32.2. The molecule has 1 heterocycles. The number of carbonyl (C=O) groups excluding carboxylic acids is 1. The van der Waals surface area contributed by atoms with Gasteiger partial charge in [0.1, 0.15) is 5.82 Å². The predicted octanol–water partition coefficient (Wildman–Crippen LogP) is 1.44. The third kappa shape index (κ3) is 4.99. The van der Waals surface area contributed by atoms with Gasteiger partial charge in [0.15, 0.2) is 0 Å². The highest BCUT2D eigenvalue weighted by Crippen LogP contribution is 2.19. The second kappa shape index (κ2) is 7.39. The lowest BCUT2D eigenvalue weighted by molar-refractivity contribution is -0.127. The van der Waals surface area contributed by atoms with Crippen LogP contribution in [0.5, 0.6) is 0 Å². The summed E-state index contributed by atoms with van der Waals surface area (Å²) in [5, 5.41) is 2.94. The molecule has 1 aliphatic heterocycles. The van der Waals surface area contributed by atoms with Gasteiger partial charge in [-0.2, -0.15) is 4.31 Å². The largest absolute Gasteiger partial charge is 0.350 e. The molecule has 1 saturated heterocycles. The van der Waals surface area contributed by atoms with E-state index in [9.17, 15) is 17.6 Å². The van der Waals surface area contributed by atoms with Gasteiger partial charge in [-0.25, -0.2) is 12.8 Å². The molecule has 1 unspecified atom stereocenters. The van der Waals surface area contributed by atoms with E-state index in [0.29, 0.717) is 13.1 Å². The second-order valence-electron chi connectivity index (χ2n) is 7.31. The van der Waals surface area contributed by atoms with Crippen LogP contribution in [0.4, 0.5) is 4.39 Å². The molecule has 1 amide bonds. The topological polar surface area (TPSA) is 69.7 Å². The van der Waals surface area contributed by atoms with Crippen molar-refractivity contribution in [2.24, 2.45) is 0 Å². The Kier molecular flexibility index (Phi) is 5.86. The minimum Gasteiger partial charge on any atom is -0.350 e. The van der Waals surface area contributed by atoms with Crippen LogP contribution in [0.2, 0.25) is 0 Å². The van der Waals surface area contributed by atoms with Crippen LogP contribution in [0.15, 0.2) is 29.2 Å². The summed E-state index contributed by atoms with van der Waals surface area (Å²) in [6.07, 6.45) is 0. The summed E-state index contributed by atoms with van der Waals surface area (Å²) in [5.74, 6) is -0.652. The zero-order chi connectivity index (χ0) is 18.8. The van der Waals surface area contributed by atoms with Crippen molar-refractivity contribution in [3.63, 3.8) is 0 Å². The molecular formula is C17H26FN3O3S. The van der Waals surface area contributed by atoms with Gasteiger partial charge in [-0.3, -0.25) is 9.69 Å². The lowest BCUT2D eigenvalue weighted by Gasteiger charge is -2.37. The molecule has 1 fully saturated rings. The average molecular weight is 371 g/mol. The highest BCUT2D eigenvalue weighted by molar-refractivity contribution is 7.89. The molecular weight excluding hydrogens is 345 g/mol. The van der Waals surface area contributed by atoms with E-state index in [0.717, 1.165) is 6.07 Å². The summed E-state index contributed by atoms with van der Waals surface area (Å²) in [5.41, 5.74) is -0.312. The quantitative estimate of drug-likeness (QED) is 0.869. The van der Waals surface area contributed by atoms with Crippen molar-refractivity contribution in [2.45, 2.75) is 44.2 Å². The second-order valence-corrected chi connectivity index (χ2v) is 9.25. The SMILES string of the molecule is CC(C(=O)NC(C)(C)C)N1CCN(S(=O)(=O)c2cccc(F)c2)CC1. The molecule has 0 saturated carbocycles. The number of benzene rings is 1. The number of piperazine rings is 1. The smallest absolute Gasteiger partial charge is 0.243 e. The van der Waals surface area contributed by atoms with Crippen LogP contribution in [-0.2, 0) is 14.8 Å². The van der Waals surface area contributed by atoms with Crippen LogP contribution in [-0.4, -0.2) is 61.3 Å². The number of sulfonamides is 1. The predicted molar refractivity (Wildman–Crippen MR) is 94.1 cm³/mol. The number of carbonyl (C=O) groups is 1.